The Balaban J connectivity index is 2.15. The first-order chi connectivity index (χ1) is 9.80. The number of aliphatic hydroxyl groups is 1. The highest BCUT2D eigenvalue weighted by molar-refractivity contribution is 5.78. The molecule has 0 bridgehead atoms. The zero-order valence-electron chi connectivity index (χ0n) is 12.5. The zero-order chi connectivity index (χ0) is 15.6. The van der Waals surface area contributed by atoms with Crippen molar-refractivity contribution in [2.24, 2.45) is 0 Å². The quantitative estimate of drug-likeness (QED) is 0.912. The molecular weight excluding hydrogens is 273 g/mol. The first-order valence-corrected chi connectivity index (χ1v) is 6.87. The molecule has 1 N–H and O–H groups in total. The van der Waals surface area contributed by atoms with E-state index in [0.29, 0.717) is 6.54 Å². The van der Waals surface area contributed by atoms with Gasteiger partial charge in [0.25, 0.3) is 0 Å². The molecule has 1 aliphatic heterocycles. The summed E-state index contributed by atoms with van der Waals surface area (Å²) in [5.74, 6) is -0.306. The zero-order valence-corrected chi connectivity index (χ0v) is 12.5. The van der Waals surface area contributed by atoms with E-state index in [4.69, 9.17) is 4.74 Å². The lowest BCUT2D eigenvalue weighted by atomic mass is 10.1. The number of hydrogen-bond acceptors (Lipinski definition) is 3. The molecule has 0 aliphatic carbocycles. The Morgan fingerprint density at radius 3 is 2.52 bits per heavy atom. The van der Waals surface area contributed by atoms with E-state index < -0.39 is 17.7 Å². The average molecular weight is 293 g/mol. The van der Waals surface area contributed by atoms with Crippen molar-refractivity contribution in [2.45, 2.75) is 32.4 Å². The van der Waals surface area contributed by atoms with Crippen LogP contribution < -0.4 is 0 Å². The van der Waals surface area contributed by atoms with Crippen molar-refractivity contribution in [2.75, 3.05) is 13.2 Å². The van der Waals surface area contributed by atoms with Gasteiger partial charge >= 0.3 is 6.09 Å². The molecule has 1 aliphatic rings. The molecule has 0 saturated carbocycles. The molecule has 0 saturated heterocycles. The van der Waals surface area contributed by atoms with Crippen molar-refractivity contribution >= 4 is 11.7 Å². The lowest BCUT2D eigenvalue weighted by Gasteiger charge is -2.27. The first kappa shape index (κ1) is 15.5. The van der Waals surface area contributed by atoms with E-state index in [0.717, 1.165) is 11.1 Å². The fourth-order valence-electron chi connectivity index (χ4n) is 2.20. The van der Waals surface area contributed by atoms with Gasteiger partial charge < -0.3 is 9.84 Å². The van der Waals surface area contributed by atoms with Crippen LogP contribution >= 0.6 is 0 Å². The van der Waals surface area contributed by atoms with Gasteiger partial charge in [0.2, 0.25) is 0 Å². The van der Waals surface area contributed by atoms with Crippen molar-refractivity contribution in [1.29, 1.82) is 0 Å². The number of rotatable bonds is 2. The second kappa shape index (κ2) is 5.85. The highest BCUT2D eigenvalue weighted by atomic mass is 19.1. The topological polar surface area (TPSA) is 49.8 Å². The van der Waals surface area contributed by atoms with Crippen molar-refractivity contribution in [1.82, 2.24) is 4.90 Å². The molecule has 1 aromatic carbocycles. The second-order valence-corrected chi connectivity index (χ2v) is 6.06. The SMILES string of the molecule is CC(C)(C)OC(=O)N1CC(c2ccc(F)cc2)=C[C@H]1CO. The highest BCUT2D eigenvalue weighted by Crippen LogP contribution is 2.26. The predicted molar refractivity (Wildman–Crippen MR) is 78.2 cm³/mol. The number of carbonyl (C=O) groups is 1. The summed E-state index contributed by atoms with van der Waals surface area (Å²) in [6, 6.07) is 5.66. The molecule has 1 amide bonds. The van der Waals surface area contributed by atoms with E-state index in [2.05, 4.69) is 0 Å². The van der Waals surface area contributed by atoms with E-state index in [1.54, 1.807) is 32.9 Å². The number of aliphatic hydroxyl groups excluding tert-OH is 1. The lowest BCUT2D eigenvalue weighted by Crippen LogP contribution is -2.41. The van der Waals surface area contributed by atoms with Gasteiger partial charge in [-0.15, -0.1) is 0 Å². The highest BCUT2D eigenvalue weighted by Gasteiger charge is 2.32. The van der Waals surface area contributed by atoms with Gasteiger partial charge in [0.15, 0.2) is 0 Å². The van der Waals surface area contributed by atoms with Gasteiger partial charge in [-0.1, -0.05) is 18.2 Å². The molecule has 4 nitrogen and oxygen atoms in total. The maximum atomic E-state index is 13.0. The number of benzene rings is 1. The molecule has 2 rings (SSSR count). The van der Waals surface area contributed by atoms with Gasteiger partial charge in [-0.2, -0.15) is 0 Å². The molecule has 0 aromatic heterocycles. The lowest BCUT2D eigenvalue weighted by molar-refractivity contribution is 0.0200. The van der Waals surface area contributed by atoms with Gasteiger partial charge in [-0.05, 0) is 44.0 Å². The van der Waals surface area contributed by atoms with Crippen LogP contribution in [0.15, 0.2) is 30.3 Å². The maximum absolute atomic E-state index is 13.0. The molecule has 114 valence electrons. The predicted octanol–water partition coefficient (Wildman–Crippen LogP) is 2.82. The summed E-state index contributed by atoms with van der Waals surface area (Å²) in [6.07, 6.45) is 1.35. The Labute approximate surface area is 123 Å². The van der Waals surface area contributed by atoms with Crippen LogP contribution in [0.2, 0.25) is 0 Å². The molecule has 0 spiro atoms. The summed E-state index contributed by atoms with van der Waals surface area (Å²) in [5.41, 5.74) is 1.12. The number of halogens is 1. The van der Waals surface area contributed by atoms with Crippen LogP contribution in [0.5, 0.6) is 0 Å². The van der Waals surface area contributed by atoms with Crippen LogP contribution in [0, 0.1) is 5.82 Å². The van der Waals surface area contributed by atoms with Crippen molar-refractivity contribution in [3.63, 3.8) is 0 Å². The van der Waals surface area contributed by atoms with Gasteiger partial charge in [0.1, 0.15) is 11.4 Å². The minimum absolute atomic E-state index is 0.177. The van der Waals surface area contributed by atoms with Crippen molar-refractivity contribution in [3.05, 3.63) is 41.7 Å². The number of amides is 1. The van der Waals surface area contributed by atoms with E-state index in [1.165, 1.54) is 17.0 Å². The monoisotopic (exact) mass is 293 g/mol. The van der Waals surface area contributed by atoms with Crippen LogP contribution in [-0.4, -0.2) is 40.9 Å². The van der Waals surface area contributed by atoms with Crippen LogP contribution in [0.4, 0.5) is 9.18 Å². The van der Waals surface area contributed by atoms with Gasteiger partial charge in [-0.3, -0.25) is 4.90 Å². The molecule has 0 unspecified atom stereocenters. The minimum atomic E-state index is -0.588. The number of nitrogens with zero attached hydrogens (tertiary/aromatic N) is 1. The largest absolute Gasteiger partial charge is 0.444 e. The van der Waals surface area contributed by atoms with E-state index in [9.17, 15) is 14.3 Å². The molecule has 1 aromatic rings. The molecule has 5 heteroatoms. The summed E-state index contributed by atoms with van der Waals surface area (Å²) in [7, 11) is 0. The smallest absolute Gasteiger partial charge is 0.411 e. The average Bonchev–Trinajstić information content (AvgIpc) is 2.82. The Kier molecular flexibility index (Phi) is 4.32. The summed E-state index contributed by atoms with van der Waals surface area (Å²) >= 11 is 0. The van der Waals surface area contributed by atoms with Gasteiger partial charge in [0, 0.05) is 0 Å². The summed E-state index contributed by atoms with van der Waals surface area (Å²) in [6.45, 7) is 5.55. The number of ether oxygens (including phenoxy) is 1. The molecule has 1 atom stereocenters. The number of carbonyl (C=O) groups excluding carboxylic acids is 1. The van der Waals surface area contributed by atoms with E-state index >= 15 is 0 Å². The summed E-state index contributed by atoms with van der Waals surface area (Å²) in [4.78, 5) is 13.6. The van der Waals surface area contributed by atoms with E-state index in [-0.39, 0.29) is 12.4 Å². The fraction of sp³-hybridized carbons (Fsp3) is 0.438. The van der Waals surface area contributed by atoms with Gasteiger partial charge in [0.05, 0.1) is 19.2 Å². The standard InChI is InChI=1S/C16H20FNO3/c1-16(2,3)21-15(20)18-9-12(8-14(18)10-19)11-4-6-13(17)7-5-11/h4-8,14,19H,9-10H2,1-3H3/t14-/m0/s1. The molecule has 0 radical (unpaired) electrons. The Morgan fingerprint density at radius 2 is 2.00 bits per heavy atom. The summed E-state index contributed by atoms with van der Waals surface area (Å²) in [5, 5.41) is 9.44. The Hall–Kier alpha value is -1.88. The van der Waals surface area contributed by atoms with Crippen molar-refractivity contribution in [3.8, 4) is 0 Å². The summed E-state index contributed by atoms with van der Waals surface area (Å²) < 4.78 is 18.3. The molecular formula is C16H20FNO3. The van der Waals surface area contributed by atoms with Gasteiger partial charge in [-0.25, -0.2) is 9.18 Å². The molecule has 21 heavy (non-hydrogen) atoms. The maximum Gasteiger partial charge on any atom is 0.411 e. The second-order valence-electron chi connectivity index (χ2n) is 6.06. The number of hydrogen-bond donors (Lipinski definition) is 1. The third-order valence-electron chi connectivity index (χ3n) is 3.16. The van der Waals surface area contributed by atoms with Crippen LogP contribution in [0.25, 0.3) is 5.57 Å². The molecule has 1 heterocycles. The fourth-order valence-corrected chi connectivity index (χ4v) is 2.20. The third-order valence-corrected chi connectivity index (χ3v) is 3.16. The van der Waals surface area contributed by atoms with Crippen molar-refractivity contribution < 1.29 is 19.0 Å². The molecule has 0 fully saturated rings. The van der Waals surface area contributed by atoms with Crippen LogP contribution in [0.1, 0.15) is 26.3 Å². The normalized spacial score (nSPS) is 18.6. The Morgan fingerprint density at radius 1 is 1.38 bits per heavy atom. The first-order valence-electron chi connectivity index (χ1n) is 6.87. The van der Waals surface area contributed by atoms with E-state index in [1.807, 2.05) is 6.08 Å². The minimum Gasteiger partial charge on any atom is -0.444 e. The third kappa shape index (κ3) is 3.82. The van der Waals surface area contributed by atoms with Crippen LogP contribution in [0.3, 0.4) is 0 Å². The van der Waals surface area contributed by atoms with Crippen LogP contribution in [-0.2, 0) is 4.74 Å². The Bertz CT molecular complexity index is 546.